The molecule has 0 aromatic heterocycles. The molecule has 0 saturated carbocycles. The van der Waals surface area contributed by atoms with Crippen molar-refractivity contribution >= 4 is 28.3 Å². The first-order chi connectivity index (χ1) is 13.9. The molecule has 3 aromatic rings. The second-order valence-electron chi connectivity index (χ2n) is 6.53. The summed E-state index contributed by atoms with van der Waals surface area (Å²) in [6.45, 7) is 1.52. The van der Waals surface area contributed by atoms with E-state index >= 15 is 0 Å². The van der Waals surface area contributed by atoms with Crippen LogP contribution < -0.4 is 4.74 Å². The number of hydrogen-bond acceptors (Lipinski definition) is 5. The van der Waals surface area contributed by atoms with Crippen LogP contribution in [0.25, 0.3) is 10.8 Å². The Morgan fingerprint density at radius 1 is 1.07 bits per heavy atom. The van der Waals surface area contributed by atoms with Crippen LogP contribution in [0.15, 0.2) is 60.7 Å². The minimum atomic E-state index is -0.536. The van der Waals surface area contributed by atoms with Crippen molar-refractivity contribution in [3.05, 3.63) is 81.9 Å². The van der Waals surface area contributed by atoms with E-state index in [0.29, 0.717) is 6.42 Å². The second-order valence-corrected chi connectivity index (χ2v) is 6.53. The molecule has 2 amide bonds. The van der Waals surface area contributed by atoms with Crippen molar-refractivity contribution in [2.75, 3.05) is 13.7 Å². The molecular formula is C22H20N2O5. The van der Waals surface area contributed by atoms with E-state index in [1.165, 1.54) is 31.2 Å². The summed E-state index contributed by atoms with van der Waals surface area (Å²) in [4.78, 5) is 36.3. The fourth-order valence-corrected chi connectivity index (χ4v) is 3.18. The maximum Gasteiger partial charge on any atom is 0.269 e. The number of nitro groups is 1. The Kier molecular flexibility index (Phi) is 5.87. The molecule has 148 valence electrons. The quantitative estimate of drug-likeness (QED) is 0.467. The Labute approximate surface area is 167 Å². The van der Waals surface area contributed by atoms with Crippen molar-refractivity contribution in [3.63, 3.8) is 0 Å². The average molecular weight is 392 g/mol. The van der Waals surface area contributed by atoms with E-state index in [9.17, 15) is 19.7 Å². The third-order valence-electron chi connectivity index (χ3n) is 4.73. The number of ether oxygens (including phenoxy) is 1. The molecule has 29 heavy (non-hydrogen) atoms. The number of fused-ring (bicyclic) bond motifs is 1. The number of methoxy groups -OCH3 is 1. The summed E-state index contributed by atoms with van der Waals surface area (Å²) >= 11 is 0. The number of carbonyl (C=O) groups is 2. The Morgan fingerprint density at radius 2 is 1.79 bits per heavy atom. The highest BCUT2D eigenvalue weighted by Crippen LogP contribution is 2.25. The van der Waals surface area contributed by atoms with Gasteiger partial charge >= 0.3 is 0 Å². The number of rotatable bonds is 6. The first kappa shape index (κ1) is 20.0. The van der Waals surface area contributed by atoms with Gasteiger partial charge in [-0.2, -0.15) is 0 Å². The van der Waals surface area contributed by atoms with Gasteiger partial charge < -0.3 is 4.74 Å². The number of benzene rings is 3. The zero-order chi connectivity index (χ0) is 21.0. The highest BCUT2D eigenvalue weighted by Gasteiger charge is 2.20. The molecule has 0 fully saturated rings. The Balaban J connectivity index is 1.83. The van der Waals surface area contributed by atoms with Gasteiger partial charge in [-0.1, -0.05) is 24.3 Å². The molecular weight excluding hydrogens is 372 g/mol. The molecule has 0 aliphatic heterocycles. The SMILES string of the molecule is COc1ccc2cccc(CCN(C(C)=O)C(=O)c3ccc([N+](=O)[O-])cc3)c2c1. The summed E-state index contributed by atoms with van der Waals surface area (Å²) in [5.74, 6) is -0.133. The van der Waals surface area contributed by atoms with Crippen LogP contribution in [-0.4, -0.2) is 35.3 Å². The maximum atomic E-state index is 12.8. The molecule has 0 radical (unpaired) electrons. The zero-order valence-corrected chi connectivity index (χ0v) is 16.1. The largest absolute Gasteiger partial charge is 0.497 e. The summed E-state index contributed by atoms with van der Waals surface area (Å²) < 4.78 is 5.30. The van der Waals surface area contributed by atoms with E-state index < -0.39 is 10.8 Å². The summed E-state index contributed by atoms with van der Waals surface area (Å²) in [7, 11) is 1.60. The molecule has 0 aliphatic rings. The van der Waals surface area contributed by atoms with Crippen LogP contribution in [-0.2, 0) is 11.2 Å². The van der Waals surface area contributed by atoms with E-state index in [0.717, 1.165) is 27.0 Å². The molecule has 0 spiro atoms. The Hall–Kier alpha value is -3.74. The summed E-state index contributed by atoms with van der Waals surface area (Å²) in [6.07, 6.45) is 0.475. The smallest absolute Gasteiger partial charge is 0.269 e. The number of non-ortho nitro benzene ring substituents is 1. The number of amides is 2. The lowest BCUT2D eigenvalue weighted by Gasteiger charge is -2.20. The molecule has 0 atom stereocenters. The number of nitrogens with zero attached hydrogens (tertiary/aromatic N) is 2. The molecule has 7 nitrogen and oxygen atoms in total. The van der Waals surface area contributed by atoms with Crippen LogP contribution in [0, 0.1) is 10.1 Å². The van der Waals surface area contributed by atoms with E-state index in [1.807, 2.05) is 36.4 Å². The van der Waals surface area contributed by atoms with Crippen LogP contribution in [0.2, 0.25) is 0 Å². The number of carbonyl (C=O) groups excluding carboxylic acids is 2. The van der Waals surface area contributed by atoms with Crippen LogP contribution in [0.4, 0.5) is 5.69 Å². The van der Waals surface area contributed by atoms with Gasteiger partial charge in [0, 0.05) is 31.2 Å². The molecule has 7 heteroatoms. The maximum absolute atomic E-state index is 12.8. The lowest BCUT2D eigenvalue weighted by Crippen LogP contribution is -2.36. The normalized spacial score (nSPS) is 10.6. The molecule has 0 unspecified atom stereocenters. The van der Waals surface area contributed by atoms with Crippen molar-refractivity contribution in [1.82, 2.24) is 4.90 Å². The van der Waals surface area contributed by atoms with Gasteiger partial charge in [0.1, 0.15) is 5.75 Å². The van der Waals surface area contributed by atoms with Gasteiger partial charge in [-0.05, 0) is 47.0 Å². The van der Waals surface area contributed by atoms with Crippen molar-refractivity contribution in [2.45, 2.75) is 13.3 Å². The van der Waals surface area contributed by atoms with Gasteiger partial charge in [0.2, 0.25) is 5.91 Å². The molecule has 0 aliphatic carbocycles. The first-order valence-electron chi connectivity index (χ1n) is 9.03. The van der Waals surface area contributed by atoms with E-state index in [1.54, 1.807) is 7.11 Å². The van der Waals surface area contributed by atoms with Gasteiger partial charge in [0.25, 0.3) is 11.6 Å². The van der Waals surface area contributed by atoms with Gasteiger partial charge in [-0.3, -0.25) is 24.6 Å². The molecule has 0 bridgehead atoms. The van der Waals surface area contributed by atoms with Crippen LogP contribution in [0.3, 0.4) is 0 Å². The van der Waals surface area contributed by atoms with Gasteiger partial charge in [0.15, 0.2) is 0 Å². The lowest BCUT2D eigenvalue weighted by atomic mass is 10.0. The van der Waals surface area contributed by atoms with Crippen molar-refractivity contribution in [1.29, 1.82) is 0 Å². The van der Waals surface area contributed by atoms with Gasteiger partial charge in [-0.15, -0.1) is 0 Å². The highest BCUT2D eigenvalue weighted by atomic mass is 16.6. The van der Waals surface area contributed by atoms with Gasteiger partial charge in [0.05, 0.1) is 12.0 Å². The van der Waals surface area contributed by atoms with Gasteiger partial charge in [-0.25, -0.2) is 0 Å². The van der Waals surface area contributed by atoms with E-state index in [4.69, 9.17) is 4.74 Å². The fourth-order valence-electron chi connectivity index (χ4n) is 3.18. The molecule has 0 heterocycles. The number of nitro benzene ring substituents is 1. The van der Waals surface area contributed by atoms with Crippen LogP contribution in [0.1, 0.15) is 22.8 Å². The summed E-state index contributed by atoms with van der Waals surface area (Å²) in [5, 5.41) is 12.8. The third kappa shape index (κ3) is 4.40. The molecule has 0 N–H and O–H groups in total. The Bertz CT molecular complexity index is 1080. The molecule has 0 saturated heterocycles. The predicted octanol–water partition coefficient (Wildman–Crippen LogP) is 3.99. The minimum absolute atomic E-state index is 0.111. The fraction of sp³-hybridized carbons (Fsp3) is 0.182. The summed E-state index contributed by atoms with van der Waals surface area (Å²) in [6, 6.07) is 16.9. The predicted molar refractivity (Wildman–Crippen MR) is 109 cm³/mol. The Morgan fingerprint density at radius 3 is 2.41 bits per heavy atom. The van der Waals surface area contributed by atoms with Crippen LogP contribution >= 0.6 is 0 Å². The van der Waals surface area contributed by atoms with E-state index in [-0.39, 0.29) is 23.7 Å². The van der Waals surface area contributed by atoms with Crippen LogP contribution in [0.5, 0.6) is 5.75 Å². The van der Waals surface area contributed by atoms with Crippen molar-refractivity contribution in [3.8, 4) is 5.75 Å². The average Bonchev–Trinajstić information content (AvgIpc) is 2.73. The second kappa shape index (κ2) is 8.52. The first-order valence-corrected chi connectivity index (χ1v) is 9.03. The summed E-state index contributed by atoms with van der Waals surface area (Å²) in [5.41, 5.74) is 1.11. The lowest BCUT2D eigenvalue weighted by molar-refractivity contribution is -0.384. The topological polar surface area (TPSA) is 89.8 Å². The third-order valence-corrected chi connectivity index (χ3v) is 4.73. The van der Waals surface area contributed by atoms with E-state index in [2.05, 4.69) is 0 Å². The standard InChI is InChI=1S/C22H20N2O5/c1-15(25)23(22(26)18-6-9-19(10-7-18)24(27)28)13-12-17-5-3-4-16-8-11-20(29-2)14-21(16)17/h3-11,14H,12-13H2,1-2H3. The number of hydrogen-bond donors (Lipinski definition) is 0. The van der Waals surface area contributed by atoms with Crippen molar-refractivity contribution in [2.24, 2.45) is 0 Å². The number of imide groups is 1. The molecule has 3 aromatic carbocycles. The zero-order valence-electron chi connectivity index (χ0n) is 16.1. The minimum Gasteiger partial charge on any atom is -0.497 e. The highest BCUT2D eigenvalue weighted by molar-refractivity contribution is 6.04. The molecule has 3 rings (SSSR count). The monoisotopic (exact) mass is 392 g/mol. The van der Waals surface area contributed by atoms with Crippen molar-refractivity contribution < 1.29 is 19.2 Å².